The van der Waals surface area contributed by atoms with Crippen molar-refractivity contribution in [3.8, 4) is 11.3 Å². The van der Waals surface area contributed by atoms with Gasteiger partial charge in [-0.2, -0.15) is 0 Å². The first-order valence-corrected chi connectivity index (χ1v) is 8.01. The number of aliphatic carboxylic acids is 1. The van der Waals surface area contributed by atoms with Gasteiger partial charge in [-0.3, -0.25) is 9.79 Å². The average Bonchev–Trinajstić information content (AvgIpc) is 3.01. The molecule has 2 aromatic rings. The Morgan fingerprint density at radius 3 is 2.67 bits per heavy atom. The highest BCUT2D eigenvalue weighted by Gasteiger charge is 2.09. The normalized spacial score (nSPS) is 12.4. The average molecular weight is 325 g/mol. The van der Waals surface area contributed by atoms with Crippen LogP contribution in [0.1, 0.15) is 25.0 Å². The van der Waals surface area contributed by atoms with Gasteiger partial charge < -0.3 is 15.4 Å². The first kappa shape index (κ1) is 17.7. The molecule has 0 aliphatic rings. The van der Waals surface area contributed by atoms with E-state index in [1.165, 1.54) is 0 Å². The van der Waals surface area contributed by atoms with E-state index < -0.39 is 12.0 Å². The molecule has 0 fully saturated rings. The molecule has 1 aromatic carbocycles. The highest BCUT2D eigenvalue weighted by Crippen LogP contribution is 2.22. The molecule has 1 heterocycles. The van der Waals surface area contributed by atoms with Crippen LogP contribution in [0.3, 0.4) is 0 Å². The van der Waals surface area contributed by atoms with Gasteiger partial charge >= 0.3 is 5.97 Å². The van der Waals surface area contributed by atoms with Crippen LogP contribution < -0.4 is 5.73 Å². The van der Waals surface area contributed by atoms with E-state index in [-0.39, 0.29) is 0 Å². The lowest BCUT2D eigenvalue weighted by atomic mass is 10.1. The van der Waals surface area contributed by atoms with E-state index in [1.807, 2.05) is 41.1 Å². The van der Waals surface area contributed by atoms with Crippen LogP contribution in [0.15, 0.2) is 54.0 Å². The van der Waals surface area contributed by atoms with Gasteiger partial charge in [0.2, 0.25) is 0 Å². The fraction of sp³-hybridized carbons (Fsp3) is 0.263. The first-order chi connectivity index (χ1) is 11.6. The third-order valence-corrected chi connectivity index (χ3v) is 3.79. The zero-order valence-corrected chi connectivity index (χ0v) is 13.6. The van der Waals surface area contributed by atoms with E-state index in [0.717, 1.165) is 29.8 Å². The summed E-state index contributed by atoms with van der Waals surface area (Å²) in [6.07, 6.45) is 5.65. The van der Waals surface area contributed by atoms with Gasteiger partial charge in [-0.1, -0.05) is 36.9 Å². The summed E-state index contributed by atoms with van der Waals surface area (Å²) in [6, 6.07) is 13.4. The summed E-state index contributed by atoms with van der Waals surface area (Å²) in [5.74, 6) is -0.948. The highest BCUT2D eigenvalue weighted by atomic mass is 16.4. The number of unbranched alkanes of at least 4 members (excludes halogenated alkanes) is 1. The van der Waals surface area contributed by atoms with Gasteiger partial charge in [-0.15, -0.1) is 0 Å². The molecule has 0 bridgehead atoms. The number of benzene rings is 1. The van der Waals surface area contributed by atoms with E-state index in [4.69, 9.17) is 10.8 Å². The molecule has 5 heteroatoms. The molecule has 2 rings (SSSR count). The molecular formula is C19H23N3O2. The smallest absolute Gasteiger partial charge is 0.320 e. The predicted molar refractivity (Wildman–Crippen MR) is 98.2 cm³/mol. The van der Waals surface area contributed by atoms with Crippen molar-refractivity contribution >= 4 is 18.4 Å². The second-order valence-corrected chi connectivity index (χ2v) is 5.54. The van der Waals surface area contributed by atoms with Crippen LogP contribution in [0.5, 0.6) is 0 Å². The zero-order valence-electron chi connectivity index (χ0n) is 13.6. The van der Waals surface area contributed by atoms with E-state index >= 15 is 0 Å². The minimum atomic E-state index is -0.948. The monoisotopic (exact) mass is 325 g/mol. The number of carboxylic acid groups (broad SMARTS) is 1. The quantitative estimate of drug-likeness (QED) is 0.548. The maximum absolute atomic E-state index is 10.6. The number of carbonyl (C=O) groups is 1. The van der Waals surface area contributed by atoms with Crippen molar-refractivity contribution in [3.63, 3.8) is 0 Å². The molecule has 0 spiro atoms. The Bertz CT molecular complexity index is 705. The number of aromatic nitrogens is 1. The van der Waals surface area contributed by atoms with Gasteiger partial charge in [0, 0.05) is 19.0 Å². The van der Waals surface area contributed by atoms with Gasteiger partial charge in [-0.25, -0.2) is 0 Å². The number of carboxylic acids is 1. The van der Waals surface area contributed by atoms with Crippen LogP contribution in [-0.4, -0.2) is 34.4 Å². The summed E-state index contributed by atoms with van der Waals surface area (Å²) >= 11 is 0. The SMILES string of the molecule is C=Cn1c(C=NCCCC[C@H](N)C(=O)O)ccc1-c1ccccc1. The number of hydrogen-bond donors (Lipinski definition) is 2. The second-order valence-electron chi connectivity index (χ2n) is 5.54. The molecule has 0 amide bonds. The van der Waals surface area contributed by atoms with Crippen molar-refractivity contribution in [3.05, 3.63) is 54.7 Å². The Labute approximate surface area is 142 Å². The summed E-state index contributed by atoms with van der Waals surface area (Å²) in [5, 5.41) is 8.72. The lowest BCUT2D eigenvalue weighted by molar-refractivity contribution is -0.138. The largest absolute Gasteiger partial charge is 0.480 e. The van der Waals surface area contributed by atoms with Crippen molar-refractivity contribution in [2.75, 3.05) is 6.54 Å². The maximum atomic E-state index is 10.6. The predicted octanol–water partition coefficient (Wildman–Crippen LogP) is 3.26. The second kappa shape index (κ2) is 8.84. The molecule has 3 N–H and O–H groups in total. The number of nitrogens with zero attached hydrogens (tertiary/aromatic N) is 2. The molecule has 1 atom stereocenters. The van der Waals surface area contributed by atoms with Crippen molar-refractivity contribution in [2.45, 2.75) is 25.3 Å². The lowest BCUT2D eigenvalue weighted by Crippen LogP contribution is -2.29. The molecule has 0 aliphatic carbocycles. The molecule has 5 nitrogen and oxygen atoms in total. The number of rotatable bonds is 9. The third kappa shape index (κ3) is 4.67. The Balaban J connectivity index is 1.92. The summed E-state index contributed by atoms with van der Waals surface area (Å²) in [4.78, 5) is 15.0. The molecule has 126 valence electrons. The van der Waals surface area contributed by atoms with Crippen molar-refractivity contribution in [1.29, 1.82) is 0 Å². The summed E-state index contributed by atoms with van der Waals surface area (Å²) in [6.45, 7) is 4.52. The highest BCUT2D eigenvalue weighted by molar-refractivity contribution is 5.82. The maximum Gasteiger partial charge on any atom is 0.320 e. The zero-order chi connectivity index (χ0) is 17.4. The molecule has 24 heavy (non-hydrogen) atoms. The van der Waals surface area contributed by atoms with Gasteiger partial charge in [0.25, 0.3) is 0 Å². The van der Waals surface area contributed by atoms with Crippen molar-refractivity contribution in [2.24, 2.45) is 10.7 Å². The minimum absolute atomic E-state index is 0.478. The number of nitrogens with two attached hydrogens (primary N) is 1. The van der Waals surface area contributed by atoms with Crippen LogP contribution in [0, 0.1) is 0 Å². The third-order valence-electron chi connectivity index (χ3n) is 3.79. The molecule has 0 aliphatic heterocycles. The van der Waals surface area contributed by atoms with Gasteiger partial charge in [0.1, 0.15) is 6.04 Å². The fourth-order valence-electron chi connectivity index (χ4n) is 2.47. The lowest BCUT2D eigenvalue weighted by Gasteiger charge is -2.06. The van der Waals surface area contributed by atoms with Gasteiger partial charge in [0.15, 0.2) is 0 Å². The van der Waals surface area contributed by atoms with E-state index in [9.17, 15) is 4.79 Å². The molecule has 0 unspecified atom stereocenters. The fourth-order valence-corrected chi connectivity index (χ4v) is 2.47. The van der Waals surface area contributed by atoms with Crippen LogP contribution in [0.4, 0.5) is 0 Å². The standard InChI is InChI=1S/C19H23N3O2/c1-2-22-16(11-12-18(22)15-8-4-3-5-9-15)14-21-13-7-6-10-17(20)19(23)24/h2-5,8-9,11-12,14,17H,1,6-7,10,13,20H2,(H,23,24)/t17-/m0/s1. The molecule has 1 aromatic heterocycles. The summed E-state index contributed by atoms with van der Waals surface area (Å²) in [5.41, 5.74) is 8.62. The van der Waals surface area contributed by atoms with Gasteiger partial charge in [-0.05, 0) is 37.0 Å². The molecule has 0 radical (unpaired) electrons. The van der Waals surface area contributed by atoms with E-state index in [0.29, 0.717) is 13.0 Å². The van der Waals surface area contributed by atoms with Crippen LogP contribution in [0.2, 0.25) is 0 Å². The topological polar surface area (TPSA) is 80.6 Å². The summed E-state index contributed by atoms with van der Waals surface area (Å²) < 4.78 is 2.00. The molecule has 0 saturated carbocycles. The van der Waals surface area contributed by atoms with Crippen LogP contribution in [0.25, 0.3) is 17.5 Å². The Morgan fingerprint density at radius 2 is 2.00 bits per heavy atom. The van der Waals surface area contributed by atoms with Crippen LogP contribution >= 0.6 is 0 Å². The first-order valence-electron chi connectivity index (χ1n) is 8.01. The van der Waals surface area contributed by atoms with E-state index in [1.54, 1.807) is 6.20 Å². The van der Waals surface area contributed by atoms with E-state index in [2.05, 4.69) is 23.7 Å². The number of hydrogen-bond acceptors (Lipinski definition) is 3. The van der Waals surface area contributed by atoms with Crippen molar-refractivity contribution in [1.82, 2.24) is 4.57 Å². The minimum Gasteiger partial charge on any atom is -0.480 e. The number of aliphatic imine (C=N–C) groups is 1. The summed E-state index contributed by atoms with van der Waals surface area (Å²) in [7, 11) is 0. The van der Waals surface area contributed by atoms with Crippen molar-refractivity contribution < 1.29 is 9.90 Å². The Morgan fingerprint density at radius 1 is 1.25 bits per heavy atom. The molecule has 0 saturated heterocycles. The van der Waals surface area contributed by atoms with Crippen LogP contribution in [-0.2, 0) is 4.79 Å². The Kier molecular flexibility index (Phi) is 6.51. The molecular weight excluding hydrogens is 302 g/mol. The Hall–Kier alpha value is -2.66. The van der Waals surface area contributed by atoms with Gasteiger partial charge in [0.05, 0.1) is 11.4 Å².